The lowest BCUT2D eigenvalue weighted by molar-refractivity contribution is 0.0333. The van der Waals surface area contributed by atoms with Crippen molar-refractivity contribution in [3.63, 3.8) is 0 Å². The molecule has 4 heteroatoms. The van der Waals surface area contributed by atoms with Crippen LogP contribution in [-0.2, 0) is 4.74 Å². The molecule has 4 nitrogen and oxygen atoms in total. The van der Waals surface area contributed by atoms with Crippen LogP contribution in [0.5, 0.6) is 0 Å². The standard InChI is InChI=1S/C16H33NO3/c1-2-3-4-5-6-7-10-20-13-15(18)11-17-12-16(19)14-8-9-14/h14-19H,2-13H2,1H3. The molecule has 1 fully saturated rings. The van der Waals surface area contributed by atoms with Gasteiger partial charge in [0.15, 0.2) is 0 Å². The van der Waals surface area contributed by atoms with Crippen molar-refractivity contribution in [1.82, 2.24) is 5.32 Å². The Bertz CT molecular complexity index is 222. The molecule has 2 unspecified atom stereocenters. The summed E-state index contributed by atoms with van der Waals surface area (Å²) in [6.45, 7) is 4.44. The second-order valence-corrected chi connectivity index (χ2v) is 6.06. The first-order chi connectivity index (χ1) is 9.74. The van der Waals surface area contributed by atoms with Crippen molar-refractivity contribution in [2.45, 2.75) is 70.5 Å². The molecular weight excluding hydrogens is 254 g/mol. The summed E-state index contributed by atoms with van der Waals surface area (Å²) in [6, 6.07) is 0. The summed E-state index contributed by atoms with van der Waals surface area (Å²) in [5, 5.41) is 22.5. The lowest BCUT2D eigenvalue weighted by Crippen LogP contribution is -2.36. The van der Waals surface area contributed by atoms with Gasteiger partial charge < -0.3 is 20.3 Å². The Morgan fingerprint density at radius 1 is 1.05 bits per heavy atom. The average molecular weight is 287 g/mol. The Kier molecular flexibility index (Phi) is 10.3. The Balaban J connectivity index is 1.78. The number of hydrogen-bond acceptors (Lipinski definition) is 4. The number of rotatable bonds is 14. The molecule has 1 aliphatic carbocycles. The minimum absolute atomic E-state index is 0.244. The number of ether oxygens (including phenoxy) is 1. The lowest BCUT2D eigenvalue weighted by Gasteiger charge is -2.14. The number of hydrogen-bond donors (Lipinski definition) is 3. The fraction of sp³-hybridized carbons (Fsp3) is 1.00. The van der Waals surface area contributed by atoms with Crippen LogP contribution in [0.25, 0.3) is 0 Å². The topological polar surface area (TPSA) is 61.7 Å². The van der Waals surface area contributed by atoms with E-state index in [1.807, 2.05) is 0 Å². The van der Waals surface area contributed by atoms with E-state index in [1.54, 1.807) is 0 Å². The molecule has 0 amide bonds. The maximum absolute atomic E-state index is 9.72. The second kappa shape index (κ2) is 11.5. The van der Waals surface area contributed by atoms with Crippen LogP contribution in [0, 0.1) is 5.92 Å². The Morgan fingerprint density at radius 3 is 2.45 bits per heavy atom. The van der Waals surface area contributed by atoms with Gasteiger partial charge in [-0.25, -0.2) is 0 Å². The summed E-state index contributed by atoms with van der Waals surface area (Å²) >= 11 is 0. The molecule has 0 aromatic rings. The van der Waals surface area contributed by atoms with Crippen LogP contribution in [0.2, 0.25) is 0 Å². The predicted molar refractivity (Wildman–Crippen MR) is 81.8 cm³/mol. The monoisotopic (exact) mass is 287 g/mol. The molecule has 0 heterocycles. The molecule has 0 saturated heterocycles. The Hall–Kier alpha value is -0.160. The SMILES string of the molecule is CCCCCCCCOCC(O)CNCC(O)C1CC1. The van der Waals surface area contributed by atoms with Crippen molar-refractivity contribution in [3.8, 4) is 0 Å². The summed E-state index contributed by atoms with van der Waals surface area (Å²) in [6.07, 6.45) is 9.12. The highest BCUT2D eigenvalue weighted by Crippen LogP contribution is 2.32. The molecule has 3 N–H and O–H groups in total. The van der Waals surface area contributed by atoms with Gasteiger partial charge in [-0.15, -0.1) is 0 Å². The zero-order chi connectivity index (χ0) is 14.6. The van der Waals surface area contributed by atoms with Gasteiger partial charge in [0.2, 0.25) is 0 Å². The van der Waals surface area contributed by atoms with E-state index < -0.39 is 6.10 Å². The van der Waals surface area contributed by atoms with Crippen LogP contribution >= 0.6 is 0 Å². The molecule has 0 bridgehead atoms. The molecule has 20 heavy (non-hydrogen) atoms. The minimum atomic E-state index is -0.471. The van der Waals surface area contributed by atoms with Crippen LogP contribution in [-0.4, -0.2) is 48.7 Å². The number of unbranched alkanes of at least 4 members (excludes halogenated alkanes) is 5. The molecule has 0 aliphatic heterocycles. The van der Waals surface area contributed by atoms with Crippen molar-refractivity contribution < 1.29 is 14.9 Å². The van der Waals surface area contributed by atoms with E-state index in [-0.39, 0.29) is 6.10 Å². The molecule has 1 saturated carbocycles. The van der Waals surface area contributed by atoms with E-state index in [0.29, 0.717) is 25.6 Å². The van der Waals surface area contributed by atoms with Crippen LogP contribution in [0.1, 0.15) is 58.3 Å². The van der Waals surface area contributed by atoms with E-state index >= 15 is 0 Å². The van der Waals surface area contributed by atoms with Gasteiger partial charge in [-0.1, -0.05) is 39.0 Å². The van der Waals surface area contributed by atoms with E-state index in [0.717, 1.165) is 25.9 Å². The molecule has 0 spiro atoms. The van der Waals surface area contributed by atoms with Gasteiger partial charge in [0.25, 0.3) is 0 Å². The summed E-state index contributed by atoms with van der Waals surface area (Å²) in [4.78, 5) is 0. The third-order valence-electron chi connectivity index (χ3n) is 3.85. The average Bonchev–Trinajstić information content (AvgIpc) is 3.26. The van der Waals surface area contributed by atoms with Crippen molar-refractivity contribution in [2.24, 2.45) is 5.92 Å². The first-order valence-electron chi connectivity index (χ1n) is 8.38. The maximum Gasteiger partial charge on any atom is 0.0897 e. The Morgan fingerprint density at radius 2 is 1.75 bits per heavy atom. The first kappa shape index (κ1) is 17.9. The van der Waals surface area contributed by atoms with Crippen molar-refractivity contribution in [2.75, 3.05) is 26.3 Å². The van der Waals surface area contributed by atoms with Crippen LogP contribution in [0.4, 0.5) is 0 Å². The second-order valence-electron chi connectivity index (χ2n) is 6.06. The smallest absolute Gasteiger partial charge is 0.0897 e. The zero-order valence-electron chi connectivity index (χ0n) is 13.0. The van der Waals surface area contributed by atoms with Crippen LogP contribution < -0.4 is 5.32 Å². The van der Waals surface area contributed by atoms with Crippen LogP contribution in [0.15, 0.2) is 0 Å². The third-order valence-corrected chi connectivity index (χ3v) is 3.85. The number of nitrogens with one attached hydrogen (secondary N) is 1. The lowest BCUT2D eigenvalue weighted by atomic mass is 10.1. The molecule has 1 rings (SSSR count). The highest BCUT2D eigenvalue weighted by atomic mass is 16.5. The van der Waals surface area contributed by atoms with E-state index in [4.69, 9.17) is 4.74 Å². The highest BCUT2D eigenvalue weighted by molar-refractivity contribution is 4.82. The van der Waals surface area contributed by atoms with Gasteiger partial charge in [0, 0.05) is 19.7 Å². The van der Waals surface area contributed by atoms with Crippen molar-refractivity contribution in [3.05, 3.63) is 0 Å². The molecule has 0 radical (unpaired) electrons. The summed E-state index contributed by atoms with van der Waals surface area (Å²) in [5.41, 5.74) is 0. The fourth-order valence-corrected chi connectivity index (χ4v) is 2.31. The summed E-state index contributed by atoms with van der Waals surface area (Å²) in [7, 11) is 0. The summed E-state index contributed by atoms with van der Waals surface area (Å²) < 4.78 is 5.47. The normalized spacial score (nSPS) is 18.1. The molecule has 2 atom stereocenters. The van der Waals surface area contributed by atoms with Gasteiger partial charge in [0.05, 0.1) is 18.8 Å². The van der Waals surface area contributed by atoms with E-state index in [9.17, 15) is 10.2 Å². The van der Waals surface area contributed by atoms with Gasteiger partial charge in [-0.3, -0.25) is 0 Å². The quantitative estimate of drug-likeness (QED) is 0.428. The maximum atomic E-state index is 9.72. The largest absolute Gasteiger partial charge is 0.392 e. The van der Waals surface area contributed by atoms with Crippen molar-refractivity contribution >= 4 is 0 Å². The molecule has 0 aromatic heterocycles. The minimum Gasteiger partial charge on any atom is -0.392 e. The van der Waals surface area contributed by atoms with Gasteiger partial charge in [-0.2, -0.15) is 0 Å². The predicted octanol–water partition coefficient (Wildman–Crippen LogP) is 2.08. The number of aliphatic hydroxyl groups excluding tert-OH is 2. The van der Waals surface area contributed by atoms with Crippen LogP contribution in [0.3, 0.4) is 0 Å². The fourth-order valence-electron chi connectivity index (χ4n) is 2.31. The molecule has 0 aromatic carbocycles. The Labute approximate surface area is 123 Å². The van der Waals surface area contributed by atoms with Gasteiger partial charge in [-0.05, 0) is 25.2 Å². The zero-order valence-corrected chi connectivity index (χ0v) is 13.0. The molecule has 120 valence electrons. The number of aliphatic hydroxyl groups is 2. The van der Waals surface area contributed by atoms with Gasteiger partial charge in [0.1, 0.15) is 0 Å². The third kappa shape index (κ3) is 9.70. The van der Waals surface area contributed by atoms with E-state index in [2.05, 4.69) is 12.2 Å². The highest BCUT2D eigenvalue weighted by Gasteiger charge is 2.29. The summed E-state index contributed by atoms with van der Waals surface area (Å²) in [5.74, 6) is 0.489. The molecular formula is C16H33NO3. The van der Waals surface area contributed by atoms with Gasteiger partial charge >= 0.3 is 0 Å². The molecule has 1 aliphatic rings. The first-order valence-corrected chi connectivity index (χ1v) is 8.38. The van der Waals surface area contributed by atoms with Crippen molar-refractivity contribution in [1.29, 1.82) is 0 Å². The van der Waals surface area contributed by atoms with E-state index in [1.165, 1.54) is 32.1 Å².